The number of nitrogens with one attached hydrogen (secondary N) is 2. The Hall–Kier alpha value is -1.98. The summed E-state index contributed by atoms with van der Waals surface area (Å²) in [5, 5.41) is 8.67. The van der Waals surface area contributed by atoms with Gasteiger partial charge in [0.2, 0.25) is 0 Å². The minimum absolute atomic E-state index is 0.263. The molecule has 0 radical (unpaired) electrons. The second kappa shape index (κ2) is 6.02. The summed E-state index contributed by atoms with van der Waals surface area (Å²) in [5.74, 6) is -0.263. The molecule has 1 aromatic carbocycles. The molecule has 0 saturated carbocycles. The summed E-state index contributed by atoms with van der Waals surface area (Å²) in [6.45, 7) is 0. The molecule has 0 bridgehead atoms. The Morgan fingerprint density at radius 3 is 2.86 bits per heavy atom. The monoisotopic (exact) mass is 337 g/mol. The molecule has 3 aromatic rings. The number of benzene rings is 1. The van der Waals surface area contributed by atoms with Gasteiger partial charge in [0.25, 0.3) is 0 Å². The van der Waals surface area contributed by atoms with Crippen LogP contribution in [0, 0.1) is 0 Å². The predicted molar refractivity (Wildman–Crippen MR) is 86.2 cm³/mol. The molecule has 0 spiro atoms. The van der Waals surface area contributed by atoms with E-state index in [1.807, 2.05) is 6.07 Å². The molecule has 114 valence electrons. The fourth-order valence-electron chi connectivity index (χ4n) is 2.49. The summed E-state index contributed by atoms with van der Waals surface area (Å²) in [5.41, 5.74) is 3.53. The molecule has 0 fully saturated rings. The maximum Gasteiger partial charge on any atom is 0.305 e. The van der Waals surface area contributed by atoms with Gasteiger partial charge in [0.15, 0.2) is 0 Å². The molecule has 0 aliphatic carbocycles. The number of hydrogen-bond acceptors (Lipinski definition) is 3. The molecule has 0 unspecified atom stereocenters. The van der Waals surface area contributed by atoms with Gasteiger partial charge >= 0.3 is 5.97 Å². The van der Waals surface area contributed by atoms with Crippen molar-refractivity contribution in [2.24, 2.45) is 0 Å². The molecule has 22 heavy (non-hydrogen) atoms. The Bertz CT molecular complexity index is 825. The number of aromatic nitrogens is 3. The number of carbonyl (C=O) groups is 1. The number of hydrogen-bond donors (Lipinski definition) is 2. The third-order valence-corrected chi connectivity index (χ3v) is 4.34. The first-order chi connectivity index (χ1) is 10.6. The molecule has 0 aliphatic rings. The topological polar surface area (TPSA) is 70.8 Å². The van der Waals surface area contributed by atoms with Gasteiger partial charge in [-0.2, -0.15) is 5.10 Å². The van der Waals surface area contributed by atoms with Crippen LogP contribution in [-0.2, 0) is 16.0 Å². The van der Waals surface area contributed by atoms with Crippen molar-refractivity contribution in [2.75, 3.05) is 7.11 Å². The van der Waals surface area contributed by atoms with Crippen LogP contribution >= 0.6 is 23.2 Å². The van der Waals surface area contributed by atoms with Crippen molar-refractivity contribution in [2.45, 2.75) is 12.8 Å². The van der Waals surface area contributed by atoms with Crippen LogP contribution in [0.1, 0.15) is 12.1 Å². The van der Waals surface area contributed by atoms with Crippen molar-refractivity contribution in [1.82, 2.24) is 15.2 Å². The standard InChI is InChI=1S/C15H13Cl2N3O2/c1-22-12(21)5-4-11-13(8-6-18-19-7-8)9-2-3-10(16)14(17)15(9)20-11/h2-3,6-7,20H,4-5H2,1H3,(H,18,19). The first kappa shape index (κ1) is 14.9. The highest BCUT2D eigenvalue weighted by atomic mass is 35.5. The lowest BCUT2D eigenvalue weighted by Gasteiger charge is -2.02. The van der Waals surface area contributed by atoms with E-state index in [9.17, 15) is 4.79 Å². The zero-order valence-corrected chi connectivity index (χ0v) is 13.3. The Labute approximate surface area is 136 Å². The molecular formula is C15H13Cl2N3O2. The number of aryl methyl sites for hydroxylation is 1. The minimum Gasteiger partial charge on any atom is -0.469 e. The average Bonchev–Trinajstić information content (AvgIpc) is 3.15. The molecule has 7 heteroatoms. The molecule has 2 aromatic heterocycles. The van der Waals surface area contributed by atoms with Crippen LogP contribution in [0.25, 0.3) is 22.0 Å². The molecule has 2 heterocycles. The maximum atomic E-state index is 11.4. The zero-order valence-electron chi connectivity index (χ0n) is 11.7. The van der Waals surface area contributed by atoms with Crippen LogP contribution in [0.4, 0.5) is 0 Å². The fraction of sp³-hybridized carbons (Fsp3) is 0.200. The molecule has 3 rings (SSSR count). The minimum atomic E-state index is -0.263. The summed E-state index contributed by atoms with van der Waals surface area (Å²) in [4.78, 5) is 14.7. The van der Waals surface area contributed by atoms with Gasteiger partial charge in [0, 0.05) is 28.4 Å². The number of ether oxygens (including phenoxy) is 1. The molecule has 0 saturated heterocycles. The van der Waals surface area contributed by atoms with E-state index in [-0.39, 0.29) is 12.4 Å². The van der Waals surface area contributed by atoms with Crippen LogP contribution < -0.4 is 0 Å². The number of carbonyl (C=O) groups excluding carboxylic acids is 1. The number of esters is 1. The van der Waals surface area contributed by atoms with Crippen LogP contribution in [-0.4, -0.2) is 28.3 Å². The Balaban J connectivity index is 2.15. The summed E-state index contributed by atoms with van der Waals surface area (Å²) in [6.07, 6.45) is 4.31. The van der Waals surface area contributed by atoms with Gasteiger partial charge in [0.1, 0.15) is 0 Å². The number of fused-ring (bicyclic) bond motifs is 1. The normalized spacial score (nSPS) is 11.0. The summed E-state index contributed by atoms with van der Waals surface area (Å²) in [6, 6.07) is 3.66. The van der Waals surface area contributed by atoms with Crippen LogP contribution in [0.5, 0.6) is 0 Å². The maximum absolute atomic E-state index is 11.4. The van der Waals surface area contributed by atoms with Gasteiger partial charge < -0.3 is 9.72 Å². The number of H-pyrrole nitrogens is 2. The molecule has 2 N–H and O–H groups in total. The second-order valence-corrected chi connectivity index (χ2v) is 5.61. The number of halogens is 2. The van der Waals surface area contributed by atoms with Gasteiger partial charge in [-0.25, -0.2) is 0 Å². The first-order valence-electron chi connectivity index (χ1n) is 6.66. The number of nitrogens with zero attached hydrogens (tertiary/aromatic N) is 1. The summed E-state index contributed by atoms with van der Waals surface area (Å²) in [7, 11) is 1.38. The van der Waals surface area contributed by atoms with E-state index in [1.165, 1.54) is 7.11 Å². The molecular weight excluding hydrogens is 325 g/mol. The van der Waals surface area contributed by atoms with Crippen molar-refractivity contribution in [3.8, 4) is 11.1 Å². The summed E-state index contributed by atoms with van der Waals surface area (Å²) < 4.78 is 4.70. The quantitative estimate of drug-likeness (QED) is 0.707. The third-order valence-electron chi connectivity index (χ3n) is 3.54. The van der Waals surface area contributed by atoms with E-state index < -0.39 is 0 Å². The third kappa shape index (κ3) is 2.58. The highest BCUT2D eigenvalue weighted by molar-refractivity contribution is 6.45. The van der Waals surface area contributed by atoms with E-state index in [0.717, 1.165) is 27.7 Å². The van der Waals surface area contributed by atoms with Gasteiger partial charge in [0.05, 0.1) is 35.3 Å². The largest absolute Gasteiger partial charge is 0.469 e. The predicted octanol–water partition coefficient (Wildman–Crippen LogP) is 3.97. The van der Waals surface area contributed by atoms with Crippen LogP contribution in [0.2, 0.25) is 10.0 Å². The zero-order chi connectivity index (χ0) is 15.7. The molecule has 5 nitrogen and oxygen atoms in total. The lowest BCUT2D eigenvalue weighted by atomic mass is 10.0. The van der Waals surface area contributed by atoms with Gasteiger partial charge in [-0.3, -0.25) is 9.89 Å². The van der Waals surface area contributed by atoms with E-state index in [0.29, 0.717) is 16.5 Å². The van der Waals surface area contributed by atoms with Crippen molar-refractivity contribution >= 4 is 40.1 Å². The fourth-order valence-corrected chi connectivity index (χ4v) is 2.86. The SMILES string of the molecule is COC(=O)CCc1[nH]c2c(Cl)c(Cl)ccc2c1-c1cn[nH]c1. The Morgan fingerprint density at radius 1 is 1.36 bits per heavy atom. The van der Waals surface area contributed by atoms with Crippen molar-refractivity contribution in [3.05, 3.63) is 40.3 Å². The number of aromatic amines is 2. The molecule has 0 aliphatic heterocycles. The molecule has 0 atom stereocenters. The number of methoxy groups -OCH3 is 1. The van der Waals surface area contributed by atoms with Crippen molar-refractivity contribution in [1.29, 1.82) is 0 Å². The van der Waals surface area contributed by atoms with Crippen molar-refractivity contribution < 1.29 is 9.53 Å². The second-order valence-electron chi connectivity index (χ2n) is 4.83. The van der Waals surface area contributed by atoms with Gasteiger partial charge in [-0.05, 0) is 12.5 Å². The smallest absolute Gasteiger partial charge is 0.305 e. The average molecular weight is 338 g/mol. The molecule has 0 amide bonds. The van der Waals surface area contributed by atoms with Crippen LogP contribution in [0.15, 0.2) is 24.5 Å². The Kier molecular flexibility index (Phi) is 4.09. The van der Waals surface area contributed by atoms with Gasteiger partial charge in [-0.1, -0.05) is 29.3 Å². The number of rotatable bonds is 4. The lowest BCUT2D eigenvalue weighted by Crippen LogP contribution is -2.02. The van der Waals surface area contributed by atoms with Gasteiger partial charge in [-0.15, -0.1) is 0 Å². The summed E-state index contributed by atoms with van der Waals surface area (Å²) >= 11 is 12.4. The van der Waals surface area contributed by atoms with E-state index >= 15 is 0 Å². The highest BCUT2D eigenvalue weighted by Gasteiger charge is 2.18. The van der Waals surface area contributed by atoms with Crippen LogP contribution in [0.3, 0.4) is 0 Å². The van der Waals surface area contributed by atoms with E-state index in [1.54, 1.807) is 18.5 Å². The lowest BCUT2D eigenvalue weighted by molar-refractivity contribution is -0.140. The van der Waals surface area contributed by atoms with E-state index in [4.69, 9.17) is 27.9 Å². The van der Waals surface area contributed by atoms with E-state index in [2.05, 4.69) is 15.2 Å². The highest BCUT2D eigenvalue weighted by Crippen LogP contribution is 2.38. The Morgan fingerprint density at radius 2 is 2.18 bits per heavy atom. The first-order valence-corrected chi connectivity index (χ1v) is 7.42. The van der Waals surface area contributed by atoms with Crippen molar-refractivity contribution in [3.63, 3.8) is 0 Å².